The van der Waals surface area contributed by atoms with Crippen LogP contribution in [0.4, 0.5) is 0 Å². The lowest BCUT2D eigenvalue weighted by Gasteiger charge is -2.11. The Kier molecular flexibility index (Phi) is 5.67. The van der Waals surface area contributed by atoms with Crippen molar-refractivity contribution in [2.24, 2.45) is 0 Å². The molecule has 0 unspecified atom stereocenters. The van der Waals surface area contributed by atoms with Gasteiger partial charge in [-0.3, -0.25) is 0 Å². The number of rotatable bonds is 8. The summed E-state index contributed by atoms with van der Waals surface area (Å²) in [6, 6.07) is 8.55. The van der Waals surface area contributed by atoms with Gasteiger partial charge in [0.05, 0.1) is 27.9 Å². The zero-order chi connectivity index (χ0) is 21.3. The molecule has 0 atom stereocenters. The summed E-state index contributed by atoms with van der Waals surface area (Å²) >= 11 is 1.37. The third kappa shape index (κ3) is 3.87. The van der Waals surface area contributed by atoms with Gasteiger partial charge >= 0.3 is 0 Å². The molecule has 0 saturated carbocycles. The topological polar surface area (TPSA) is 107 Å². The summed E-state index contributed by atoms with van der Waals surface area (Å²) in [6.07, 6.45) is 2.47. The molecule has 0 N–H and O–H groups in total. The first-order valence-electron chi connectivity index (χ1n) is 9.32. The van der Waals surface area contributed by atoms with Crippen molar-refractivity contribution in [3.63, 3.8) is 0 Å². The monoisotopic (exact) mass is 447 g/mol. The van der Waals surface area contributed by atoms with Crippen LogP contribution in [-0.4, -0.2) is 46.6 Å². The summed E-state index contributed by atoms with van der Waals surface area (Å²) in [4.78, 5) is 4.91. The second kappa shape index (κ2) is 8.25. The fourth-order valence-electron chi connectivity index (χ4n) is 3.01. The largest absolute Gasteiger partial charge is 0.459 e. The number of hydrogen-bond acceptors (Lipinski definition) is 8. The van der Waals surface area contributed by atoms with E-state index in [1.165, 1.54) is 30.2 Å². The molecule has 11 heteroatoms. The van der Waals surface area contributed by atoms with Crippen molar-refractivity contribution < 1.29 is 17.3 Å². The summed E-state index contributed by atoms with van der Waals surface area (Å²) in [6.45, 7) is 2.86. The van der Waals surface area contributed by atoms with Gasteiger partial charge in [-0.25, -0.2) is 17.7 Å². The normalized spacial score (nSPS) is 12.3. The molecule has 0 aliphatic carbocycles. The van der Waals surface area contributed by atoms with Crippen LogP contribution in [0.25, 0.3) is 22.7 Å². The van der Waals surface area contributed by atoms with Crippen molar-refractivity contribution in [3.05, 3.63) is 42.4 Å². The van der Waals surface area contributed by atoms with Gasteiger partial charge in [0.2, 0.25) is 10.0 Å². The lowest BCUT2D eigenvalue weighted by atomic mass is 10.3. The summed E-state index contributed by atoms with van der Waals surface area (Å²) in [5.74, 6) is 2.16. The maximum atomic E-state index is 12.5. The molecule has 0 radical (unpaired) electrons. The highest BCUT2D eigenvalue weighted by Crippen LogP contribution is 2.28. The number of imidazole rings is 1. The minimum atomic E-state index is -3.52. The van der Waals surface area contributed by atoms with Crippen LogP contribution < -0.4 is 0 Å². The van der Waals surface area contributed by atoms with Crippen molar-refractivity contribution in [1.29, 1.82) is 0 Å². The van der Waals surface area contributed by atoms with E-state index < -0.39 is 10.0 Å². The number of benzene rings is 1. The van der Waals surface area contributed by atoms with Gasteiger partial charge in [-0.15, -0.1) is 10.2 Å². The molecule has 9 nitrogen and oxygen atoms in total. The Morgan fingerprint density at radius 1 is 1.20 bits per heavy atom. The van der Waals surface area contributed by atoms with Crippen LogP contribution in [0.1, 0.15) is 19.2 Å². The minimum absolute atomic E-state index is 0.223. The Morgan fingerprint density at radius 2 is 2.03 bits per heavy atom. The maximum Gasteiger partial charge on any atom is 0.284 e. The second-order valence-corrected chi connectivity index (χ2v) is 9.84. The lowest BCUT2D eigenvalue weighted by Crippen LogP contribution is -2.22. The quantitative estimate of drug-likeness (QED) is 0.377. The number of sulfonamides is 1. The number of aromatic nitrogens is 4. The molecule has 1 aromatic carbocycles. The zero-order valence-electron chi connectivity index (χ0n) is 16.8. The molecule has 0 fully saturated rings. The highest BCUT2D eigenvalue weighted by molar-refractivity contribution is 7.98. The van der Waals surface area contributed by atoms with Gasteiger partial charge in [0.25, 0.3) is 11.1 Å². The van der Waals surface area contributed by atoms with Gasteiger partial charge in [0, 0.05) is 20.6 Å². The first-order valence-corrected chi connectivity index (χ1v) is 11.7. The Labute approximate surface area is 178 Å². The van der Waals surface area contributed by atoms with Crippen LogP contribution in [0.2, 0.25) is 0 Å². The van der Waals surface area contributed by atoms with E-state index in [-0.39, 0.29) is 4.90 Å². The lowest BCUT2D eigenvalue weighted by molar-refractivity contribution is 0.447. The van der Waals surface area contributed by atoms with E-state index in [1.54, 1.807) is 30.5 Å². The molecule has 158 valence electrons. The van der Waals surface area contributed by atoms with E-state index >= 15 is 0 Å². The molecule has 4 rings (SSSR count). The predicted octanol–water partition coefficient (Wildman–Crippen LogP) is 3.63. The van der Waals surface area contributed by atoms with E-state index in [0.29, 0.717) is 28.1 Å². The van der Waals surface area contributed by atoms with Gasteiger partial charge in [0.1, 0.15) is 5.82 Å². The molecule has 0 aliphatic heterocycles. The Balaban J connectivity index is 1.62. The average Bonchev–Trinajstić information content (AvgIpc) is 3.46. The van der Waals surface area contributed by atoms with Crippen LogP contribution in [-0.2, 0) is 22.3 Å². The minimum Gasteiger partial charge on any atom is -0.459 e. The predicted molar refractivity (Wildman–Crippen MR) is 112 cm³/mol. The number of hydrogen-bond donors (Lipinski definition) is 0. The van der Waals surface area contributed by atoms with Crippen molar-refractivity contribution in [2.75, 3.05) is 14.1 Å². The molecular formula is C19H21N5O4S2. The summed E-state index contributed by atoms with van der Waals surface area (Å²) in [5, 5.41) is 8.45. The molecular weight excluding hydrogens is 426 g/mol. The number of fused-ring (bicyclic) bond motifs is 1. The fourth-order valence-corrected chi connectivity index (χ4v) is 4.64. The molecule has 0 spiro atoms. The summed E-state index contributed by atoms with van der Waals surface area (Å²) in [7, 11) is -0.496. The van der Waals surface area contributed by atoms with Crippen LogP contribution >= 0.6 is 11.8 Å². The van der Waals surface area contributed by atoms with Gasteiger partial charge < -0.3 is 13.4 Å². The van der Waals surface area contributed by atoms with Crippen LogP contribution in [0.15, 0.2) is 55.5 Å². The average molecular weight is 448 g/mol. The molecule has 4 aromatic rings. The van der Waals surface area contributed by atoms with Crippen LogP contribution in [0.3, 0.4) is 0 Å². The van der Waals surface area contributed by atoms with Crippen LogP contribution in [0.5, 0.6) is 0 Å². The first-order chi connectivity index (χ1) is 14.4. The van der Waals surface area contributed by atoms with Gasteiger partial charge in [-0.1, -0.05) is 18.7 Å². The van der Waals surface area contributed by atoms with E-state index in [0.717, 1.165) is 24.3 Å². The Morgan fingerprint density at radius 3 is 2.73 bits per heavy atom. The van der Waals surface area contributed by atoms with E-state index in [1.807, 2.05) is 6.07 Å². The SMILES string of the molecule is CCCn1c(CSc2nnc(-c3ccco3)o2)nc2cc(S(=O)(=O)N(C)C)ccc21. The zero-order valence-corrected chi connectivity index (χ0v) is 18.4. The number of nitrogens with zero attached hydrogens (tertiary/aromatic N) is 5. The summed E-state index contributed by atoms with van der Waals surface area (Å²) < 4.78 is 39.1. The molecule has 0 bridgehead atoms. The van der Waals surface area contributed by atoms with Crippen molar-refractivity contribution in [1.82, 2.24) is 24.1 Å². The standard InChI is InChI=1S/C19H21N5O4S2/c1-4-9-24-15-8-7-13(30(25,26)23(2)3)11-14(15)20-17(24)12-29-19-22-21-18(28-19)16-6-5-10-27-16/h5-8,10-11H,4,9,12H2,1-3H3. The smallest absolute Gasteiger partial charge is 0.284 e. The Hall–Kier alpha value is -2.63. The van der Waals surface area contributed by atoms with Gasteiger partial charge in [-0.2, -0.15) is 0 Å². The maximum absolute atomic E-state index is 12.5. The van der Waals surface area contributed by atoms with E-state index in [2.05, 4.69) is 26.7 Å². The second-order valence-electron chi connectivity index (χ2n) is 6.76. The number of furan rings is 1. The third-order valence-electron chi connectivity index (χ3n) is 4.49. The number of aryl methyl sites for hydroxylation is 1. The molecule has 0 amide bonds. The third-order valence-corrected chi connectivity index (χ3v) is 7.11. The van der Waals surface area contributed by atoms with Gasteiger partial charge in [-0.05, 0) is 36.8 Å². The van der Waals surface area contributed by atoms with Crippen molar-refractivity contribution in [3.8, 4) is 11.7 Å². The van der Waals surface area contributed by atoms with Crippen molar-refractivity contribution >= 4 is 32.8 Å². The highest BCUT2D eigenvalue weighted by atomic mass is 32.2. The van der Waals surface area contributed by atoms with Gasteiger partial charge in [0.15, 0.2) is 5.76 Å². The van der Waals surface area contributed by atoms with Crippen molar-refractivity contribution in [2.45, 2.75) is 35.8 Å². The molecule has 0 aliphatic rings. The highest BCUT2D eigenvalue weighted by Gasteiger charge is 2.20. The van der Waals surface area contributed by atoms with E-state index in [9.17, 15) is 8.42 Å². The van der Waals surface area contributed by atoms with E-state index in [4.69, 9.17) is 8.83 Å². The first kappa shape index (κ1) is 20.6. The summed E-state index contributed by atoms with van der Waals surface area (Å²) in [5.41, 5.74) is 1.54. The molecule has 3 heterocycles. The molecule has 0 saturated heterocycles. The molecule has 3 aromatic heterocycles. The Bertz CT molecular complexity index is 1260. The molecule has 30 heavy (non-hydrogen) atoms. The fraction of sp³-hybridized carbons (Fsp3) is 0.316. The van der Waals surface area contributed by atoms with Crippen LogP contribution in [0, 0.1) is 0 Å². The number of thioether (sulfide) groups is 1.